The van der Waals surface area contributed by atoms with Crippen LogP contribution in [0.15, 0.2) is 48.7 Å². The zero-order valence-electron chi connectivity index (χ0n) is 15.4. The predicted octanol–water partition coefficient (Wildman–Crippen LogP) is 2.29. The lowest BCUT2D eigenvalue weighted by atomic mass is 10.1. The molecule has 142 valence electrons. The van der Waals surface area contributed by atoms with Gasteiger partial charge in [-0.15, -0.1) is 0 Å². The number of carbonyl (C=O) groups excluding carboxylic acids is 2. The summed E-state index contributed by atoms with van der Waals surface area (Å²) in [5.74, 6) is -0.316. The number of benzene rings is 1. The second-order valence-electron chi connectivity index (χ2n) is 6.19. The van der Waals surface area contributed by atoms with Crippen molar-refractivity contribution in [3.05, 3.63) is 59.9 Å². The van der Waals surface area contributed by atoms with Crippen LogP contribution in [0.3, 0.4) is 0 Å². The minimum Gasteiger partial charge on any atom is -0.462 e. The molecule has 3 rings (SSSR count). The second kappa shape index (κ2) is 9.02. The number of piperazine rings is 1. The summed E-state index contributed by atoms with van der Waals surface area (Å²) in [4.78, 5) is 32.6. The van der Waals surface area contributed by atoms with Gasteiger partial charge in [0.1, 0.15) is 0 Å². The summed E-state index contributed by atoms with van der Waals surface area (Å²) >= 11 is 0. The third-order valence-corrected chi connectivity index (χ3v) is 4.45. The Morgan fingerprint density at radius 3 is 2.52 bits per heavy atom. The van der Waals surface area contributed by atoms with Crippen LogP contribution in [0.5, 0.6) is 0 Å². The molecular formula is C20H24N4O3. The number of ether oxygens (including phenoxy) is 1. The van der Waals surface area contributed by atoms with E-state index in [1.807, 2.05) is 36.4 Å². The Hall–Kier alpha value is -3.09. The van der Waals surface area contributed by atoms with Gasteiger partial charge in [-0.05, 0) is 31.2 Å². The maximum absolute atomic E-state index is 12.4. The molecule has 27 heavy (non-hydrogen) atoms. The van der Waals surface area contributed by atoms with Crippen LogP contribution >= 0.6 is 0 Å². The lowest BCUT2D eigenvalue weighted by Crippen LogP contribution is -2.52. The number of anilines is 1. The fraction of sp³-hybridized carbons (Fsp3) is 0.350. The van der Waals surface area contributed by atoms with Crippen molar-refractivity contribution >= 4 is 17.7 Å². The van der Waals surface area contributed by atoms with E-state index in [0.717, 1.165) is 11.4 Å². The molecule has 0 unspecified atom stereocenters. The van der Waals surface area contributed by atoms with Crippen molar-refractivity contribution in [2.75, 3.05) is 37.7 Å². The van der Waals surface area contributed by atoms with Gasteiger partial charge in [0.15, 0.2) is 0 Å². The van der Waals surface area contributed by atoms with Crippen LogP contribution in [0, 0.1) is 0 Å². The highest BCUT2D eigenvalue weighted by atomic mass is 16.5. The Labute approximate surface area is 158 Å². The Balaban J connectivity index is 1.56. The second-order valence-corrected chi connectivity index (χ2v) is 6.19. The molecule has 0 saturated carbocycles. The van der Waals surface area contributed by atoms with Gasteiger partial charge in [-0.1, -0.05) is 18.2 Å². The smallest absolute Gasteiger partial charge is 0.340 e. The van der Waals surface area contributed by atoms with Crippen LogP contribution in [0.2, 0.25) is 0 Å². The maximum atomic E-state index is 12.4. The first-order chi connectivity index (χ1) is 13.2. The minimum absolute atomic E-state index is 0.0982. The molecule has 0 spiro atoms. The van der Waals surface area contributed by atoms with Gasteiger partial charge in [0.2, 0.25) is 0 Å². The van der Waals surface area contributed by atoms with Gasteiger partial charge in [0.05, 0.1) is 30.1 Å². The van der Waals surface area contributed by atoms with E-state index in [-0.39, 0.29) is 12.0 Å². The van der Waals surface area contributed by atoms with Gasteiger partial charge in [-0.2, -0.15) is 0 Å². The highest BCUT2D eigenvalue weighted by Gasteiger charge is 2.24. The molecule has 2 amide bonds. The van der Waals surface area contributed by atoms with Crippen molar-refractivity contribution < 1.29 is 14.3 Å². The van der Waals surface area contributed by atoms with Gasteiger partial charge in [-0.25, -0.2) is 9.59 Å². The summed E-state index contributed by atoms with van der Waals surface area (Å²) in [7, 11) is 0. The third kappa shape index (κ3) is 4.75. The standard InChI is InChI=1S/C20H24N4O3/c1-2-27-19(25)17-8-3-4-9-18(17)23-11-13-24(14-12-23)20(26)22-15-16-7-5-6-10-21-16/h3-10H,2,11-15H2,1H3,(H,22,26). The van der Waals surface area contributed by atoms with Crippen LogP contribution in [0.1, 0.15) is 23.0 Å². The summed E-state index contributed by atoms with van der Waals surface area (Å²) in [5.41, 5.74) is 2.24. The van der Waals surface area contributed by atoms with Crippen molar-refractivity contribution in [2.45, 2.75) is 13.5 Å². The predicted molar refractivity (Wildman–Crippen MR) is 103 cm³/mol. The monoisotopic (exact) mass is 368 g/mol. The molecule has 1 aromatic heterocycles. The van der Waals surface area contributed by atoms with E-state index in [4.69, 9.17) is 4.74 Å². The Kier molecular flexibility index (Phi) is 6.25. The van der Waals surface area contributed by atoms with Crippen LogP contribution < -0.4 is 10.2 Å². The Bertz CT molecular complexity index is 774. The number of esters is 1. The molecule has 0 bridgehead atoms. The number of amides is 2. The van der Waals surface area contributed by atoms with Gasteiger partial charge in [-0.3, -0.25) is 4.98 Å². The van der Waals surface area contributed by atoms with Crippen LogP contribution in [-0.4, -0.2) is 54.7 Å². The summed E-state index contributed by atoms with van der Waals surface area (Å²) < 4.78 is 5.15. The largest absolute Gasteiger partial charge is 0.462 e. The number of carbonyl (C=O) groups is 2. The molecular weight excluding hydrogens is 344 g/mol. The summed E-state index contributed by atoms with van der Waals surface area (Å²) in [6.07, 6.45) is 1.71. The molecule has 1 N–H and O–H groups in total. The van der Waals surface area contributed by atoms with E-state index in [1.54, 1.807) is 24.1 Å². The van der Waals surface area contributed by atoms with E-state index < -0.39 is 0 Å². The summed E-state index contributed by atoms with van der Waals surface area (Å²) in [6.45, 7) is 5.04. The van der Waals surface area contributed by atoms with E-state index in [2.05, 4.69) is 15.2 Å². The van der Waals surface area contributed by atoms with E-state index in [0.29, 0.717) is 44.9 Å². The molecule has 0 aliphatic carbocycles. The van der Waals surface area contributed by atoms with Crippen molar-refractivity contribution in [2.24, 2.45) is 0 Å². The van der Waals surface area contributed by atoms with Crippen LogP contribution in [0.25, 0.3) is 0 Å². The topological polar surface area (TPSA) is 74.8 Å². The molecule has 2 heterocycles. The highest BCUT2D eigenvalue weighted by molar-refractivity contribution is 5.96. The summed E-state index contributed by atoms with van der Waals surface area (Å²) in [5, 5.41) is 2.90. The first-order valence-corrected chi connectivity index (χ1v) is 9.13. The molecule has 0 radical (unpaired) electrons. The zero-order valence-corrected chi connectivity index (χ0v) is 15.4. The van der Waals surface area contributed by atoms with E-state index >= 15 is 0 Å². The van der Waals surface area contributed by atoms with E-state index in [9.17, 15) is 9.59 Å². The minimum atomic E-state index is -0.316. The van der Waals surface area contributed by atoms with Crippen LogP contribution in [-0.2, 0) is 11.3 Å². The number of hydrogen-bond acceptors (Lipinski definition) is 5. The number of pyridine rings is 1. The van der Waals surface area contributed by atoms with Crippen molar-refractivity contribution in [1.82, 2.24) is 15.2 Å². The zero-order chi connectivity index (χ0) is 19.1. The normalized spacial score (nSPS) is 14.0. The van der Waals surface area contributed by atoms with Crippen molar-refractivity contribution in [3.8, 4) is 0 Å². The average molecular weight is 368 g/mol. The number of aromatic nitrogens is 1. The van der Waals surface area contributed by atoms with E-state index in [1.165, 1.54) is 0 Å². The molecule has 7 heteroatoms. The number of rotatable bonds is 5. The van der Waals surface area contributed by atoms with Gasteiger partial charge >= 0.3 is 12.0 Å². The lowest BCUT2D eigenvalue weighted by molar-refractivity contribution is 0.0527. The molecule has 2 aromatic rings. The highest BCUT2D eigenvalue weighted by Crippen LogP contribution is 2.22. The summed E-state index contributed by atoms with van der Waals surface area (Å²) in [6, 6.07) is 13.0. The molecule has 1 aromatic carbocycles. The van der Waals surface area contributed by atoms with Gasteiger partial charge < -0.3 is 19.9 Å². The molecule has 1 aliphatic heterocycles. The first kappa shape index (κ1) is 18.7. The molecule has 7 nitrogen and oxygen atoms in total. The number of para-hydroxylation sites is 1. The quantitative estimate of drug-likeness (QED) is 0.820. The Morgan fingerprint density at radius 1 is 1.07 bits per heavy atom. The Morgan fingerprint density at radius 2 is 1.81 bits per heavy atom. The number of nitrogens with one attached hydrogen (secondary N) is 1. The van der Waals surface area contributed by atoms with Gasteiger partial charge in [0.25, 0.3) is 0 Å². The van der Waals surface area contributed by atoms with Crippen molar-refractivity contribution in [1.29, 1.82) is 0 Å². The van der Waals surface area contributed by atoms with Crippen LogP contribution in [0.4, 0.5) is 10.5 Å². The number of urea groups is 1. The SMILES string of the molecule is CCOC(=O)c1ccccc1N1CCN(C(=O)NCc2ccccn2)CC1. The molecule has 1 saturated heterocycles. The fourth-order valence-electron chi connectivity index (χ4n) is 3.06. The average Bonchev–Trinajstić information content (AvgIpc) is 2.73. The molecule has 1 fully saturated rings. The van der Waals surface area contributed by atoms with Gasteiger partial charge in [0, 0.05) is 32.4 Å². The lowest BCUT2D eigenvalue weighted by Gasteiger charge is -2.36. The fourth-order valence-corrected chi connectivity index (χ4v) is 3.06. The maximum Gasteiger partial charge on any atom is 0.340 e. The first-order valence-electron chi connectivity index (χ1n) is 9.13. The molecule has 0 atom stereocenters. The molecule has 1 aliphatic rings. The number of nitrogens with zero attached hydrogens (tertiary/aromatic N) is 3. The third-order valence-electron chi connectivity index (χ3n) is 4.45. The number of hydrogen-bond donors (Lipinski definition) is 1. The van der Waals surface area contributed by atoms with Crippen molar-refractivity contribution in [3.63, 3.8) is 0 Å².